The van der Waals surface area contributed by atoms with E-state index in [0.717, 1.165) is 12.3 Å². The topological polar surface area (TPSA) is 90.4 Å². The number of methoxy groups -OCH3 is 1. The molecule has 0 spiro atoms. The highest BCUT2D eigenvalue weighted by Gasteiger charge is 2.41. The van der Waals surface area contributed by atoms with Crippen molar-refractivity contribution in [3.05, 3.63) is 46.5 Å². The molecule has 2 heterocycles. The highest BCUT2D eigenvalue weighted by Crippen LogP contribution is 2.42. The van der Waals surface area contributed by atoms with E-state index in [2.05, 4.69) is 10.3 Å². The third kappa shape index (κ3) is 4.48. The maximum absolute atomic E-state index is 14.5. The van der Waals surface area contributed by atoms with Crippen LogP contribution in [0.25, 0.3) is 22.6 Å². The van der Waals surface area contributed by atoms with Crippen LogP contribution in [-0.2, 0) is 17.5 Å². The number of halogens is 5. The maximum Gasteiger partial charge on any atom is 0.433 e. The van der Waals surface area contributed by atoms with Crippen LogP contribution in [0.2, 0.25) is 5.02 Å². The molecule has 31 heavy (non-hydrogen) atoms. The number of Topliss-reactive ketones (excluding diaryl/α,β-unsaturated/α-hetero) is 1. The number of aromatic nitrogens is 3. The van der Waals surface area contributed by atoms with E-state index in [0.29, 0.717) is 4.68 Å². The lowest BCUT2D eigenvalue weighted by atomic mass is 9.99. The molecule has 0 radical (unpaired) electrons. The lowest BCUT2D eigenvalue weighted by molar-refractivity contribution is -0.144. The van der Waals surface area contributed by atoms with E-state index in [1.807, 2.05) is 0 Å². The van der Waals surface area contributed by atoms with Crippen LogP contribution in [0.4, 0.5) is 17.6 Å². The zero-order valence-corrected chi connectivity index (χ0v) is 17.0. The molecule has 166 valence electrons. The quantitative estimate of drug-likeness (QED) is 0.418. The first-order valence-electron chi connectivity index (χ1n) is 8.83. The maximum atomic E-state index is 14.5. The molecule has 0 fully saturated rings. The van der Waals surface area contributed by atoms with Crippen LogP contribution in [0, 0.1) is 5.82 Å². The van der Waals surface area contributed by atoms with Crippen LogP contribution in [0.5, 0.6) is 0 Å². The Morgan fingerprint density at radius 3 is 2.68 bits per heavy atom. The molecule has 0 aliphatic rings. The molecule has 0 aliphatic heterocycles. The molecule has 1 N–H and O–H groups in total. The molecule has 1 aromatic carbocycles. The van der Waals surface area contributed by atoms with Crippen LogP contribution in [-0.4, -0.2) is 45.6 Å². The van der Waals surface area contributed by atoms with E-state index in [-0.39, 0.29) is 16.3 Å². The summed E-state index contributed by atoms with van der Waals surface area (Å²) in [6.07, 6.45) is -5.21. The number of ketones is 1. The number of aliphatic hydroxyl groups is 1. The first kappa shape index (κ1) is 22.9. The molecule has 2 aromatic heterocycles. The minimum Gasteiger partial charge on any atom is -0.391 e. The fraction of sp³-hybridized carbons (Fsp3) is 0.316. The molecular formula is C19H16ClF4N3O4. The van der Waals surface area contributed by atoms with Gasteiger partial charge in [0.15, 0.2) is 17.2 Å². The van der Waals surface area contributed by atoms with Gasteiger partial charge in [0, 0.05) is 7.11 Å². The monoisotopic (exact) mass is 461 g/mol. The van der Waals surface area contributed by atoms with E-state index in [1.165, 1.54) is 26.2 Å². The van der Waals surface area contributed by atoms with Gasteiger partial charge in [0.05, 0.1) is 40.6 Å². The summed E-state index contributed by atoms with van der Waals surface area (Å²) < 4.78 is 66.4. The van der Waals surface area contributed by atoms with Gasteiger partial charge in [0.25, 0.3) is 0 Å². The number of benzene rings is 1. The van der Waals surface area contributed by atoms with Crippen LogP contribution >= 0.6 is 11.6 Å². The minimum atomic E-state index is -4.91. The number of rotatable bonds is 7. The SMILES string of the molecule is COCC(=O)c1c(-c2c(F)cccc2Cl)noc1-c1cnn(C[C@@H](C)O)c1C(F)(F)F. The third-order valence-corrected chi connectivity index (χ3v) is 4.55. The van der Waals surface area contributed by atoms with Crippen molar-refractivity contribution < 1.29 is 36.7 Å². The van der Waals surface area contributed by atoms with Gasteiger partial charge in [0.1, 0.15) is 18.1 Å². The Bertz CT molecular complexity index is 1090. The molecule has 3 rings (SSSR count). The summed E-state index contributed by atoms with van der Waals surface area (Å²) in [4.78, 5) is 12.7. The van der Waals surface area contributed by atoms with Crippen LogP contribution in [0.15, 0.2) is 28.9 Å². The number of carbonyl (C=O) groups is 1. The normalized spacial score (nSPS) is 12.9. The molecular weight excluding hydrogens is 446 g/mol. The average Bonchev–Trinajstić information content (AvgIpc) is 3.25. The van der Waals surface area contributed by atoms with Crippen molar-refractivity contribution in [1.82, 2.24) is 14.9 Å². The summed E-state index contributed by atoms with van der Waals surface area (Å²) in [7, 11) is 1.21. The van der Waals surface area contributed by atoms with Crippen molar-refractivity contribution in [2.45, 2.75) is 25.7 Å². The summed E-state index contributed by atoms with van der Waals surface area (Å²) in [6, 6.07) is 3.71. The van der Waals surface area contributed by atoms with Crippen molar-refractivity contribution >= 4 is 17.4 Å². The first-order valence-corrected chi connectivity index (χ1v) is 9.21. The Kier molecular flexibility index (Phi) is 6.48. The van der Waals surface area contributed by atoms with Gasteiger partial charge in [-0.25, -0.2) is 4.39 Å². The number of hydrogen-bond acceptors (Lipinski definition) is 6. The highest BCUT2D eigenvalue weighted by molar-refractivity contribution is 6.33. The Morgan fingerprint density at radius 2 is 2.10 bits per heavy atom. The second kappa shape index (κ2) is 8.77. The Labute approximate surface area is 178 Å². The second-order valence-electron chi connectivity index (χ2n) is 6.62. The lowest BCUT2D eigenvalue weighted by Gasteiger charge is -2.13. The van der Waals surface area contributed by atoms with Gasteiger partial charge in [-0.15, -0.1) is 0 Å². The zero-order valence-electron chi connectivity index (χ0n) is 16.2. The molecule has 12 heteroatoms. The van der Waals surface area contributed by atoms with Gasteiger partial charge >= 0.3 is 6.18 Å². The molecule has 0 aliphatic carbocycles. The van der Waals surface area contributed by atoms with Crippen molar-refractivity contribution in [3.63, 3.8) is 0 Å². The summed E-state index contributed by atoms with van der Waals surface area (Å²) in [5.74, 6) is -2.22. The van der Waals surface area contributed by atoms with Crippen LogP contribution < -0.4 is 0 Å². The van der Waals surface area contributed by atoms with Gasteiger partial charge in [-0.3, -0.25) is 9.48 Å². The number of aliphatic hydroxyl groups excluding tert-OH is 1. The summed E-state index contributed by atoms with van der Waals surface area (Å²) in [5, 5.41) is 16.7. The van der Waals surface area contributed by atoms with Gasteiger partial charge < -0.3 is 14.4 Å². The van der Waals surface area contributed by atoms with E-state index >= 15 is 0 Å². The van der Waals surface area contributed by atoms with E-state index in [9.17, 15) is 27.5 Å². The molecule has 0 unspecified atom stereocenters. The minimum absolute atomic E-state index is 0.118. The molecule has 0 amide bonds. The van der Waals surface area contributed by atoms with Gasteiger partial charge in [-0.1, -0.05) is 22.8 Å². The number of alkyl halides is 3. The standard InChI is InChI=1S/C19H16ClF4N3O4/c1-9(28)7-27-18(19(22,23)24)10(6-25-27)17-15(13(29)8-30-2)16(26-31-17)14-11(20)4-3-5-12(14)21/h3-6,9,28H,7-8H2,1-2H3/t9-/m1/s1. The molecule has 7 nitrogen and oxygen atoms in total. The van der Waals surface area contributed by atoms with Gasteiger partial charge in [-0.05, 0) is 19.1 Å². The third-order valence-electron chi connectivity index (χ3n) is 4.24. The highest BCUT2D eigenvalue weighted by atomic mass is 35.5. The molecule has 3 aromatic rings. The van der Waals surface area contributed by atoms with E-state index < -0.39 is 59.6 Å². The predicted molar refractivity (Wildman–Crippen MR) is 101 cm³/mol. The van der Waals surface area contributed by atoms with E-state index in [4.69, 9.17) is 20.9 Å². The molecule has 0 saturated carbocycles. The fourth-order valence-corrected chi connectivity index (χ4v) is 3.32. The van der Waals surface area contributed by atoms with Gasteiger partial charge in [0.2, 0.25) is 0 Å². The number of carbonyl (C=O) groups excluding carboxylic acids is 1. The molecule has 1 atom stereocenters. The first-order chi connectivity index (χ1) is 14.6. The predicted octanol–water partition coefficient (Wildman–Crippen LogP) is 4.23. The zero-order chi connectivity index (χ0) is 22.9. The van der Waals surface area contributed by atoms with Gasteiger partial charge in [-0.2, -0.15) is 18.3 Å². The largest absolute Gasteiger partial charge is 0.433 e. The summed E-state index contributed by atoms with van der Waals surface area (Å²) >= 11 is 6.05. The number of ether oxygens (including phenoxy) is 1. The molecule has 0 saturated heterocycles. The Morgan fingerprint density at radius 1 is 1.39 bits per heavy atom. The van der Waals surface area contributed by atoms with Crippen molar-refractivity contribution in [1.29, 1.82) is 0 Å². The fourth-order valence-electron chi connectivity index (χ4n) is 3.07. The number of hydrogen-bond donors (Lipinski definition) is 1. The van der Waals surface area contributed by atoms with Crippen molar-refractivity contribution in [2.24, 2.45) is 0 Å². The molecule has 0 bridgehead atoms. The lowest BCUT2D eigenvalue weighted by Crippen LogP contribution is -2.21. The number of nitrogens with zero attached hydrogens (tertiary/aromatic N) is 3. The van der Waals surface area contributed by atoms with Crippen LogP contribution in [0.3, 0.4) is 0 Å². The Hall–Kier alpha value is -2.76. The summed E-state index contributed by atoms with van der Waals surface area (Å²) in [5.41, 5.74) is -2.96. The second-order valence-corrected chi connectivity index (χ2v) is 7.03. The van der Waals surface area contributed by atoms with Crippen LogP contribution in [0.1, 0.15) is 23.0 Å². The van der Waals surface area contributed by atoms with Crippen molar-refractivity contribution in [2.75, 3.05) is 13.7 Å². The Balaban J connectivity index is 2.30. The smallest absolute Gasteiger partial charge is 0.391 e. The van der Waals surface area contributed by atoms with E-state index in [1.54, 1.807) is 0 Å². The van der Waals surface area contributed by atoms with Crippen molar-refractivity contribution in [3.8, 4) is 22.6 Å². The summed E-state index contributed by atoms with van der Waals surface area (Å²) in [6.45, 7) is 0.300. The average molecular weight is 462 g/mol.